The number of benzene rings is 3. The first-order chi connectivity index (χ1) is 15.1. The maximum Gasteiger partial charge on any atom is 0.264 e. The van der Waals surface area contributed by atoms with Crippen molar-refractivity contribution in [3.63, 3.8) is 0 Å². The van der Waals surface area contributed by atoms with Gasteiger partial charge in [0, 0.05) is 36.8 Å². The topological polar surface area (TPSA) is 66.9 Å². The molecule has 3 aromatic rings. The monoisotopic (exact) mass is 476 g/mol. The molecule has 0 bridgehead atoms. The molecule has 3 aromatic carbocycles. The van der Waals surface area contributed by atoms with Crippen molar-refractivity contribution < 1.29 is 22.3 Å². The zero-order valence-electron chi connectivity index (χ0n) is 17.7. The molecule has 0 N–H and O–H groups in total. The van der Waals surface area contributed by atoms with Crippen molar-refractivity contribution in [1.82, 2.24) is 4.90 Å². The first kappa shape index (κ1) is 23.6. The second kappa shape index (κ2) is 9.58. The summed E-state index contributed by atoms with van der Waals surface area (Å²) in [7, 11) is 0.522. The lowest BCUT2D eigenvalue weighted by molar-refractivity contribution is 0.0783. The van der Waals surface area contributed by atoms with Gasteiger partial charge < -0.3 is 9.64 Å². The second-order valence-electron chi connectivity index (χ2n) is 7.06. The summed E-state index contributed by atoms with van der Waals surface area (Å²) in [6, 6.07) is 16.6. The molecule has 0 heterocycles. The van der Waals surface area contributed by atoms with Gasteiger partial charge in [-0.15, -0.1) is 0 Å². The van der Waals surface area contributed by atoms with E-state index in [4.69, 9.17) is 16.3 Å². The van der Waals surface area contributed by atoms with E-state index in [0.717, 1.165) is 4.31 Å². The van der Waals surface area contributed by atoms with Gasteiger partial charge in [-0.05, 0) is 54.6 Å². The number of rotatable bonds is 7. The van der Waals surface area contributed by atoms with Gasteiger partial charge in [0.1, 0.15) is 11.6 Å². The molecule has 3 rings (SSSR count). The highest BCUT2D eigenvalue weighted by Crippen LogP contribution is 2.26. The number of sulfonamides is 1. The number of ether oxygens (including phenoxy) is 1. The minimum Gasteiger partial charge on any atom is -0.497 e. The number of halogens is 2. The predicted octanol–water partition coefficient (Wildman–Crippen LogP) is 4.59. The molecule has 0 spiro atoms. The standard InChI is InChI=1S/C23H22ClFN2O4S/c1-26(15-20-21(24)8-5-9-22(20)25)23(28)16-6-4-7-19(14-16)32(29,30)27(2)17-10-12-18(31-3)13-11-17/h4-14H,15H2,1-3H3. The Balaban J connectivity index is 1.85. The molecule has 168 valence electrons. The van der Waals surface area contributed by atoms with Crippen LogP contribution in [0.2, 0.25) is 5.02 Å². The third kappa shape index (κ3) is 4.87. The molecule has 0 aliphatic rings. The van der Waals surface area contributed by atoms with E-state index in [0.29, 0.717) is 11.4 Å². The zero-order valence-corrected chi connectivity index (χ0v) is 19.3. The minimum absolute atomic E-state index is 0.0426. The summed E-state index contributed by atoms with van der Waals surface area (Å²) >= 11 is 6.05. The number of methoxy groups -OCH3 is 1. The van der Waals surface area contributed by atoms with Gasteiger partial charge in [-0.3, -0.25) is 9.10 Å². The van der Waals surface area contributed by atoms with Crippen LogP contribution in [0.3, 0.4) is 0 Å². The molecule has 1 amide bonds. The second-order valence-corrected chi connectivity index (χ2v) is 9.44. The number of anilines is 1. The smallest absolute Gasteiger partial charge is 0.264 e. The van der Waals surface area contributed by atoms with Gasteiger partial charge in [0.15, 0.2) is 0 Å². The van der Waals surface area contributed by atoms with Gasteiger partial charge in [0.05, 0.1) is 17.7 Å². The Morgan fingerprint density at radius 1 is 1.03 bits per heavy atom. The average molecular weight is 477 g/mol. The van der Waals surface area contributed by atoms with E-state index >= 15 is 0 Å². The summed E-state index contributed by atoms with van der Waals surface area (Å²) in [6.07, 6.45) is 0. The van der Waals surface area contributed by atoms with Crippen molar-refractivity contribution in [2.24, 2.45) is 0 Å². The summed E-state index contributed by atoms with van der Waals surface area (Å²) in [5.74, 6) is -0.381. The molecule has 9 heteroatoms. The van der Waals surface area contributed by atoms with Gasteiger partial charge in [-0.2, -0.15) is 0 Å². The minimum atomic E-state index is -3.92. The van der Waals surface area contributed by atoms with E-state index in [-0.39, 0.29) is 27.6 Å². The highest BCUT2D eigenvalue weighted by molar-refractivity contribution is 7.92. The van der Waals surface area contributed by atoms with E-state index in [1.165, 1.54) is 62.5 Å². The molecule has 0 aliphatic heterocycles. The number of nitrogens with zero attached hydrogens (tertiary/aromatic N) is 2. The summed E-state index contributed by atoms with van der Waals surface area (Å²) in [5.41, 5.74) is 0.783. The van der Waals surface area contributed by atoms with Crippen LogP contribution in [0.15, 0.2) is 71.6 Å². The quantitative estimate of drug-likeness (QED) is 0.500. The van der Waals surface area contributed by atoms with Crippen molar-refractivity contribution in [2.75, 3.05) is 25.5 Å². The molecule has 0 aromatic heterocycles. The van der Waals surface area contributed by atoms with Crippen molar-refractivity contribution >= 4 is 33.2 Å². The van der Waals surface area contributed by atoms with Crippen LogP contribution in [-0.4, -0.2) is 40.4 Å². The highest BCUT2D eigenvalue weighted by atomic mass is 35.5. The fraction of sp³-hybridized carbons (Fsp3) is 0.174. The van der Waals surface area contributed by atoms with Crippen LogP contribution in [0, 0.1) is 5.82 Å². The summed E-state index contributed by atoms with van der Waals surface area (Å²) in [4.78, 5) is 14.1. The molecule has 32 heavy (non-hydrogen) atoms. The Morgan fingerprint density at radius 2 is 1.69 bits per heavy atom. The fourth-order valence-electron chi connectivity index (χ4n) is 3.09. The molecule has 6 nitrogen and oxygen atoms in total. The first-order valence-electron chi connectivity index (χ1n) is 9.56. The van der Waals surface area contributed by atoms with Crippen LogP contribution in [0.1, 0.15) is 15.9 Å². The Bertz CT molecular complexity index is 1210. The zero-order chi connectivity index (χ0) is 23.5. The molecular formula is C23H22ClFN2O4S. The molecular weight excluding hydrogens is 455 g/mol. The van der Waals surface area contributed by atoms with Gasteiger partial charge in [0.25, 0.3) is 15.9 Å². The largest absolute Gasteiger partial charge is 0.497 e. The Labute approximate surface area is 191 Å². The van der Waals surface area contributed by atoms with E-state index in [2.05, 4.69) is 0 Å². The van der Waals surface area contributed by atoms with E-state index in [1.54, 1.807) is 30.3 Å². The summed E-state index contributed by atoms with van der Waals surface area (Å²) in [6.45, 7) is -0.0624. The van der Waals surface area contributed by atoms with Crippen LogP contribution in [0.4, 0.5) is 10.1 Å². The fourth-order valence-corrected chi connectivity index (χ4v) is 4.56. The Kier molecular flexibility index (Phi) is 7.06. The SMILES string of the molecule is COc1ccc(N(C)S(=O)(=O)c2cccc(C(=O)N(C)Cc3c(F)cccc3Cl)c2)cc1. The van der Waals surface area contributed by atoms with E-state index in [9.17, 15) is 17.6 Å². The number of amides is 1. The molecule has 0 aliphatic carbocycles. The number of hydrogen-bond donors (Lipinski definition) is 0. The normalized spacial score (nSPS) is 11.2. The summed E-state index contributed by atoms with van der Waals surface area (Å²) < 4.78 is 46.5. The predicted molar refractivity (Wildman–Crippen MR) is 122 cm³/mol. The molecule has 0 saturated carbocycles. The molecule has 0 fully saturated rings. The van der Waals surface area contributed by atoms with Gasteiger partial charge >= 0.3 is 0 Å². The third-order valence-corrected chi connectivity index (χ3v) is 7.11. The third-order valence-electron chi connectivity index (χ3n) is 4.98. The van der Waals surface area contributed by atoms with Gasteiger partial charge in [-0.25, -0.2) is 12.8 Å². The van der Waals surface area contributed by atoms with Gasteiger partial charge in [-0.1, -0.05) is 23.7 Å². The summed E-state index contributed by atoms with van der Waals surface area (Å²) in [5, 5.41) is 0.210. The lowest BCUT2D eigenvalue weighted by Gasteiger charge is -2.21. The lowest BCUT2D eigenvalue weighted by atomic mass is 10.1. The number of carbonyl (C=O) groups is 1. The number of hydrogen-bond acceptors (Lipinski definition) is 4. The molecule has 0 unspecified atom stereocenters. The van der Waals surface area contributed by atoms with Crippen LogP contribution in [0.5, 0.6) is 5.75 Å². The van der Waals surface area contributed by atoms with Crippen molar-refractivity contribution in [2.45, 2.75) is 11.4 Å². The number of carbonyl (C=O) groups excluding carboxylic acids is 1. The van der Waals surface area contributed by atoms with Crippen molar-refractivity contribution in [1.29, 1.82) is 0 Å². The van der Waals surface area contributed by atoms with Crippen LogP contribution in [-0.2, 0) is 16.6 Å². The van der Waals surface area contributed by atoms with Crippen LogP contribution >= 0.6 is 11.6 Å². The maximum absolute atomic E-state index is 14.1. The molecule has 0 atom stereocenters. The van der Waals surface area contributed by atoms with Crippen LogP contribution in [0.25, 0.3) is 0 Å². The highest BCUT2D eigenvalue weighted by Gasteiger charge is 2.24. The van der Waals surface area contributed by atoms with Crippen molar-refractivity contribution in [3.8, 4) is 5.75 Å². The Morgan fingerprint density at radius 3 is 2.31 bits per heavy atom. The van der Waals surface area contributed by atoms with E-state index in [1.807, 2.05) is 0 Å². The van der Waals surface area contributed by atoms with Gasteiger partial charge in [0.2, 0.25) is 0 Å². The van der Waals surface area contributed by atoms with Crippen molar-refractivity contribution in [3.05, 3.63) is 88.7 Å². The Hall–Kier alpha value is -3.10. The average Bonchev–Trinajstić information content (AvgIpc) is 2.80. The molecule has 0 radical (unpaired) electrons. The lowest BCUT2D eigenvalue weighted by Crippen LogP contribution is -2.28. The first-order valence-corrected chi connectivity index (χ1v) is 11.4. The molecule has 0 saturated heterocycles. The maximum atomic E-state index is 14.1. The van der Waals surface area contributed by atoms with E-state index < -0.39 is 21.7 Å². The van der Waals surface area contributed by atoms with Crippen LogP contribution < -0.4 is 9.04 Å².